The highest BCUT2D eigenvalue weighted by Crippen LogP contribution is 2.45. The molecule has 2 saturated heterocycles. The third-order valence-electron chi connectivity index (χ3n) is 6.95. The summed E-state index contributed by atoms with van der Waals surface area (Å²) in [7, 11) is 1.69. The fourth-order valence-corrected chi connectivity index (χ4v) is 5.45. The van der Waals surface area contributed by atoms with Crippen LogP contribution in [0.25, 0.3) is 10.8 Å². The molecule has 0 radical (unpaired) electrons. The molecule has 2 bridgehead atoms. The van der Waals surface area contributed by atoms with Gasteiger partial charge in [0.25, 0.3) is 0 Å². The maximum atomic E-state index is 11.7. The van der Waals surface area contributed by atoms with E-state index in [-0.39, 0.29) is 0 Å². The molecule has 0 aromatic heterocycles. The van der Waals surface area contributed by atoms with E-state index in [0.29, 0.717) is 12.1 Å². The van der Waals surface area contributed by atoms with Gasteiger partial charge in [0, 0.05) is 18.6 Å². The summed E-state index contributed by atoms with van der Waals surface area (Å²) in [5, 5.41) is 14.1. The molecule has 150 valence electrons. The number of methoxy groups -OCH3 is 1. The van der Waals surface area contributed by atoms with Gasteiger partial charge < -0.3 is 9.84 Å². The summed E-state index contributed by atoms with van der Waals surface area (Å²) in [6, 6.07) is 24.2. The van der Waals surface area contributed by atoms with E-state index in [2.05, 4.69) is 65.6 Å². The first-order valence-corrected chi connectivity index (χ1v) is 10.7. The van der Waals surface area contributed by atoms with Crippen molar-refractivity contribution >= 4 is 10.8 Å². The van der Waals surface area contributed by atoms with Crippen LogP contribution >= 0.6 is 0 Å². The minimum absolute atomic E-state index is 0.444. The second-order valence-electron chi connectivity index (χ2n) is 8.76. The van der Waals surface area contributed by atoms with Crippen LogP contribution in [0.4, 0.5) is 0 Å². The van der Waals surface area contributed by atoms with E-state index >= 15 is 0 Å². The smallest absolute Gasteiger partial charge is 0.119 e. The molecule has 2 aliphatic heterocycles. The summed E-state index contributed by atoms with van der Waals surface area (Å²) in [6.07, 6.45) is 5.26. The molecule has 2 unspecified atom stereocenters. The number of hydrogen-bond donors (Lipinski definition) is 1. The first-order valence-electron chi connectivity index (χ1n) is 10.7. The average Bonchev–Trinajstić information content (AvgIpc) is 2.74. The Balaban J connectivity index is 1.42. The molecule has 0 spiro atoms. The highest BCUT2D eigenvalue weighted by atomic mass is 16.5. The zero-order chi connectivity index (χ0) is 19.8. The normalized spacial score (nSPS) is 27.1. The van der Waals surface area contributed by atoms with E-state index in [1.807, 2.05) is 6.07 Å². The second-order valence-corrected chi connectivity index (χ2v) is 8.76. The largest absolute Gasteiger partial charge is 0.497 e. The van der Waals surface area contributed by atoms with Crippen molar-refractivity contribution in [1.29, 1.82) is 0 Å². The predicted octanol–water partition coefficient (Wildman–Crippen LogP) is 5.25. The molecule has 0 aliphatic carbocycles. The molecule has 5 rings (SSSR count). The number of aliphatic hydroxyl groups is 1. The van der Waals surface area contributed by atoms with Crippen molar-refractivity contribution < 1.29 is 9.84 Å². The Kier molecular flexibility index (Phi) is 4.81. The summed E-state index contributed by atoms with van der Waals surface area (Å²) < 4.78 is 5.34. The molecule has 0 amide bonds. The summed E-state index contributed by atoms with van der Waals surface area (Å²) in [5.74, 6) is 0.868. The number of hydrogen-bond acceptors (Lipinski definition) is 3. The Morgan fingerprint density at radius 1 is 0.931 bits per heavy atom. The van der Waals surface area contributed by atoms with Crippen LogP contribution in [0.5, 0.6) is 5.75 Å². The van der Waals surface area contributed by atoms with Crippen LogP contribution in [-0.2, 0) is 12.1 Å². The van der Waals surface area contributed by atoms with Gasteiger partial charge in [-0.05, 0) is 65.8 Å². The Morgan fingerprint density at radius 3 is 2.34 bits per heavy atom. The fourth-order valence-electron chi connectivity index (χ4n) is 5.45. The van der Waals surface area contributed by atoms with E-state index in [9.17, 15) is 5.11 Å². The Hall–Kier alpha value is -2.36. The van der Waals surface area contributed by atoms with Gasteiger partial charge in [0.05, 0.1) is 12.7 Å². The molecule has 29 heavy (non-hydrogen) atoms. The molecule has 2 atom stereocenters. The number of fused-ring (bicyclic) bond motifs is 3. The van der Waals surface area contributed by atoms with Crippen LogP contribution in [0.1, 0.15) is 43.2 Å². The van der Waals surface area contributed by atoms with Crippen molar-refractivity contribution in [2.45, 2.75) is 56.3 Å². The van der Waals surface area contributed by atoms with Crippen molar-refractivity contribution in [3.05, 3.63) is 77.9 Å². The molecule has 2 fully saturated rings. The number of ether oxygens (including phenoxy) is 1. The van der Waals surface area contributed by atoms with Crippen LogP contribution in [0, 0.1) is 0 Å². The molecule has 2 heterocycles. The van der Waals surface area contributed by atoms with E-state index in [4.69, 9.17) is 4.74 Å². The zero-order valence-corrected chi connectivity index (χ0v) is 17.1. The fraction of sp³-hybridized carbons (Fsp3) is 0.385. The van der Waals surface area contributed by atoms with Crippen molar-refractivity contribution in [2.75, 3.05) is 7.11 Å². The first-order chi connectivity index (χ1) is 14.1. The van der Waals surface area contributed by atoms with Crippen LogP contribution in [0.15, 0.2) is 66.7 Å². The van der Waals surface area contributed by atoms with Crippen LogP contribution in [-0.4, -0.2) is 29.2 Å². The highest BCUT2D eigenvalue weighted by molar-refractivity contribution is 5.84. The van der Waals surface area contributed by atoms with Gasteiger partial charge in [0.1, 0.15) is 5.75 Å². The number of benzene rings is 3. The van der Waals surface area contributed by atoms with Crippen LogP contribution in [0.2, 0.25) is 0 Å². The SMILES string of the molecule is COc1ccc2cc(C3(O)CC4CCCC(C3)N4Cc3ccccc3)ccc2c1. The summed E-state index contributed by atoms with van der Waals surface area (Å²) in [5.41, 5.74) is 1.69. The first kappa shape index (κ1) is 18.7. The molecule has 3 nitrogen and oxygen atoms in total. The third kappa shape index (κ3) is 3.54. The lowest BCUT2D eigenvalue weighted by atomic mass is 9.72. The number of rotatable bonds is 4. The Morgan fingerprint density at radius 2 is 1.62 bits per heavy atom. The maximum absolute atomic E-state index is 11.7. The Bertz CT molecular complexity index is 986. The minimum Gasteiger partial charge on any atom is -0.497 e. The summed E-state index contributed by atoms with van der Waals surface area (Å²) in [6.45, 7) is 0.990. The predicted molar refractivity (Wildman–Crippen MR) is 117 cm³/mol. The Labute approximate surface area is 172 Å². The minimum atomic E-state index is -0.739. The number of piperidine rings is 2. The summed E-state index contributed by atoms with van der Waals surface area (Å²) in [4.78, 5) is 2.65. The lowest BCUT2D eigenvalue weighted by Crippen LogP contribution is -2.56. The van der Waals surface area contributed by atoms with Gasteiger partial charge in [0.15, 0.2) is 0 Å². The molecule has 2 aliphatic rings. The monoisotopic (exact) mass is 387 g/mol. The van der Waals surface area contributed by atoms with Crippen molar-refractivity contribution in [3.63, 3.8) is 0 Å². The maximum Gasteiger partial charge on any atom is 0.119 e. The van der Waals surface area contributed by atoms with Gasteiger partial charge in [-0.2, -0.15) is 0 Å². The van der Waals surface area contributed by atoms with Crippen molar-refractivity contribution in [3.8, 4) is 5.75 Å². The van der Waals surface area contributed by atoms with Gasteiger partial charge in [0.2, 0.25) is 0 Å². The van der Waals surface area contributed by atoms with Crippen molar-refractivity contribution in [2.24, 2.45) is 0 Å². The van der Waals surface area contributed by atoms with Gasteiger partial charge in [-0.25, -0.2) is 0 Å². The van der Waals surface area contributed by atoms with Crippen LogP contribution < -0.4 is 4.74 Å². The van der Waals surface area contributed by atoms with E-state index in [1.165, 1.54) is 24.8 Å². The molecule has 3 aromatic carbocycles. The lowest BCUT2D eigenvalue weighted by molar-refractivity contribution is -0.0998. The van der Waals surface area contributed by atoms with E-state index in [1.54, 1.807) is 7.11 Å². The zero-order valence-electron chi connectivity index (χ0n) is 17.1. The second kappa shape index (κ2) is 7.47. The van der Waals surface area contributed by atoms with E-state index in [0.717, 1.165) is 41.5 Å². The average molecular weight is 388 g/mol. The standard InChI is InChI=1S/C26H29NO2/c1-29-25-13-11-20-14-22(12-10-21(20)15-25)26(28)16-23-8-5-9-24(17-26)27(23)18-19-6-3-2-4-7-19/h2-4,6-7,10-15,23-24,28H,5,8-9,16-18H2,1H3. The molecular weight excluding hydrogens is 358 g/mol. The quantitative estimate of drug-likeness (QED) is 0.663. The van der Waals surface area contributed by atoms with Gasteiger partial charge in [-0.1, -0.05) is 55.0 Å². The van der Waals surface area contributed by atoms with E-state index < -0.39 is 5.60 Å². The topological polar surface area (TPSA) is 32.7 Å². The summed E-state index contributed by atoms with van der Waals surface area (Å²) >= 11 is 0. The van der Waals surface area contributed by atoms with Gasteiger partial charge >= 0.3 is 0 Å². The molecule has 3 heteroatoms. The molecule has 0 saturated carbocycles. The van der Waals surface area contributed by atoms with Crippen LogP contribution in [0.3, 0.4) is 0 Å². The molecular formula is C26H29NO2. The van der Waals surface area contributed by atoms with Gasteiger partial charge in [-0.15, -0.1) is 0 Å². The molecule has 3 aromatic rings. The lowest BCUT2D eigenvalue weighted by Gasteiger charge is -2.52. The third-order valence-corrected chi connectivity index (χ3v) is 6.95. The van der Waals surface area contributed by atoms with Crippen molar-refractivity contribution in [1.82, 2.24) is 4.90 Å². The molecule has 1 N–H and O–H groups in total. The number of nitrogens with zero attached hydrogens (tertiary/aromatic N) is 1. The highest BCUT2D eigenvalue weighted by Gasteiger charge is 2.46. The van der Waals surface area contributed by atoms with Gasteiger partial charge in [-0.3, -0.25) is 4.90 Å².